The number of allylic oxidation sites excluding steroid dienone is 2. The van der Waals surface area contributed by atoms with Gasteiger partial charge in [-0.1, -0.05) is 61.7 Å². The van der Waals surface area contributed by atoms with E-state index in [4.69, 9.17) is 4.99 Å². The van der Waals surface area contributed by atoms with Gasteiger partial charge in [0.25, 0.3) is 0 Å². The van der Waals surface area contributed by atoms with E-state index in [0.717, 1.165) is 29.8 Å². The highest BCUT2D eigenvalue weighted by Gasteiger charge is 2.28. The summed E-state index contributed by atoms with van der Waals surface area (Å²) in [5, 5.41) is 6.43. The topological polar surface area (TPSA) is 53.5 Å². The van der Waals surface area contributed by atoms with Crippen LogP contribution in [0.5, 0.6) is 0 Å². The Bertz CT molecular complexity index is 691. The Morgan fingerprint density at radius 2 is 2.04 bits per heavy atom. The number of hydrogen-bond donors (Lipinski definition) is 2. The maximum atomic E-state index is 12.9. The van der Waals surface area contributed by atoms with Crippen LogP contribution in [0.2, 0.25) is 0 Å². The minimum atomic E-state index is -0.195. The van der Waals surface area contributed by atoms with Crippen molar-refractivity contribution in [2.24, 2.45) is 10.9 Å². The lowest BCUT2D eigenvalue weighted by atomic mass is 9.93. The van der Waals surface area contributed by atoms with E-state index in [2.05, 4.69) is 42.8 Å². The van der Waals surface area contributed by atoms with E-state index in [1.54, 1.807) is 12.2 Å². The number of benzene rings is 1. The van der Waals surface area contributed by atoms with Crippen LogP contribution in [0.1, 0.15) is 31.9 Å². The first-order chi connectivity index (χ1) is 12.6. The molecule has 2 rings (SSSR count). The molecule has 0 spiro atoms. The molecule has 138 valence electrons. The van der Waals surface area contributed by atoms with E-state index in [1.165, 1.54) is 0 Å². The van der Waals surface area contributed by atoms with Crippen molar-refractivity contribution in [3.8, 4) is 0 Å². The summed E-state index contributed by atoms with van der Waals surface area (Å²) >= 11 is 0. The van der Waals surface area contributed by atoms with Crippen molar-refractivity contribution in [2.45, 2.75) is 32.4 Å². The molecular formula is C22H29N3O. The zero-order valence-corrected chi connectivity index (χ0v) is 15.7. The molecule has 1 heterocycles. The summed E-state index contributed by atoms with van der Waals surface area (Å²) in [7, 11) is 0. The first-order valence-corrected chi connectivity index (χ1v) is 9.14. The highest BCUT2D eigenvalue weighted by atomic mass is 16.2. The van der Waals surface area contributed by atoms with Gasteiger partial charge in [0.2, 0.25) is 5.91 Å². The molecule has 1 saturated heterocycles. The largest absolute Gasteiger partial charge is 0.349 e. The van der Waals surface area contributed by atoms with E-state index in [9.17, 15) is 4.79 Å². The molecule has 3 atom stereocenters. The quantitative estimate of drug-likeness (QED) is 0.738. The molecule has 1 aliphatic heterocycles. The average molecular weight is 351 g/mol. The van der Waals surface area contributed by atoms with Gasteiger partial charge in [0.15, 0.2) is 0 Å². The number of nitrogens with zero attached hydrogens (tertiary/aromatic N) is 1. The van der Waals surface area contributed by atoms with Crippen LogP contribution >= 0.6 is 0 Å². The molecule has 1 amide bonds. The predicted molar refractivity (Wildman–Crippen MR) is 109 cm³/mol. The maximum Gasteiger partial charge on any atom is 0.229 e. The van der Waals surface area contributed by atoms with Crippen molar-refractivity contribution in [2.75, 3.05) is 13.1 Å². The third kappa shape index (κ3) is 5.27. The Balaban J connectivity index is 2.13. The number of carbonyl (C=O) groups is 1. The summed E-state index contributed by atoms with van der Waals surface area (Å²) in [6.45, 7) is 13.0. The van der Waals surface area contributed by atoms with Gasteiger partial charge in [0.05, 0.1) is 18.0 Å². The maximum absolute atomic E-state index is 12.9. The fourth-order valence-electron chi connectivity index (χ4n) is 3.15. The highest BCUT2D eigenvalue weighted by molar-refractivity contribution is 6.06. The van der Waals surface area contributed by atoms with Gasteiger partial charge in [0.1, 0.15) is 0 Å². The summed E-state index contributed by atoms with van der Waals surface area (Å²) in [6, 6.07) is 10.1. The molecule has 0 saturated carbocycles. The van der Waals surface area contributed by atoms with Gasteiger partial charge in [-0.15, -0.1) is 0 Å². The van der Waals surface area contributed by atoms with Crippen LogP contribution in [0.4, 0.5) is 0 Å². The van der Waals surface area contributed by atoms with Gasteiger partial charge in [0, 0.05) is 12.3 Å². The molecule has 1 aromatic rings. The van der Waals surface area contributed by atoms with Crippen LogP contribution in [0, 0.1) is 5.92 Å². The monoisotopic (exact) mass is 351 g/mol. The Morgan fingerprint density at radius 1 is 1.31 bits per heavy atom. The van der Waals surface area contributed by atoms with Crippen LogP contribution in [0.3, 0.4) is 0 Å². The van der Waals surface area contributed by atoms with Crippen molar-refractivity contribution >= 4 is 11.6 Å². The van der Waals surface area contributed by atoms with Crippen molar-refractivity contribution in [1.29, 1.82) is 0 Å². The summed E-state index contributed by atoms with van der Waals surface area (Å²) in [6.07, 6.45) is 6.08. The minimum absolute atomic E-state index is 0.0230. The lowest BCUT2D eigenvalue weighted by Crippen LogP contribution is -2.47. The molecule has 1 fully saturated rings. The fourth-order valence-corrected chi connectivity index (χ4v) is 3.15. The second kappa shape index (κ2) is 9.88. The van der Waals surface area contributed by atoms with Crippen molar-refractivity contribution < 1.29 is 4.79 Å². The Morgan fingerprint density at radius 3 is 2.69 bits per heavy atom. The lowest BCUT2D eigenvalue weighted by Gasteiger charge is -2.27. The van der Waals surface area contributed by atoms with Crippen LogP contribution < -0.4 is 10.6 Å². The summed E-state index contributed by atoms with van der Waals surface area (Å²) < 4.78 is 0. The first-order valence-electron chi connectivity index (χ1n) is 9.14. The first kappa shape index (κ1) is 19.9. The SMILES string of the molecule is C=CC=C(C=C)C(C)NC(=O)C1CCNCC1=NC(C)c1ccccc1. The minimum Gasteiger partial charge on any atom is -0.349 e. The van der Waals surface area contributed by atoms with Gasteiger partial charge in [-0.3, -0.25) is 9.79 Å². The van der Waals surface area contributed by atoms with Gasteiger partial charge >= 0.3 is 0 Å². The number of amides is 1. The molecule has 26 heavy (non-hydrogen) atoms. The molecule has 1 aliphatic rings. The van der Waals surface area contributed by atoms with Crippen LogP contribution in [-0.4, -0.2) is 30.8 Å². The molecule has 0 aromatic heterocycles. The molecule has 4 heteroatoms. The molecule has 0 bridgehead atoms. The van der Waals surface area contributed by atoms with E-state index in [0.29, 0.717) is 6.54 Å². The average Bonchev–Trinajstić information content (AvgIpc) is 2.67. The number of hydrogen-bond acceptors (Lipinski definition) is 3. The standard InChI is InChI=1S/C22H29N3O/c1-5-10-18(6-2)16(3)25-22(26)20-13-14-23-15-21(20)24-17(4)19-11-8-7-9-12-19/h5-12,16-17,20,23H,1-2,13-15H2,3-4H3,(H,25,26). The highest BCUT2D eigenvalue weighted by Crippen LogP contribution is 2.20. The Labute approximate surface area is 156 Å². The molecule has 3 unspecified atom stereocenters. The molecule has 2 N–H and O–H groups in total. The van der Waals surface area contributed by atoms with Crippen molar-refractivity contribution in [3.05, 3.63) is 72.9 Å². The third-order valence-electron chi connectivity index (χ3n) is 4.68. The van der Waals surface area contributed by atoms with Crippen LogP contribution in [0.15, 0.2) is 72.3 Å². The lowest BCUT2D eigenvalue weighted by molar-refractivity contribution is -0.123. The van der Waals surface area contributed by atoms with Crippen LogP contribution in [-0.2, 0) is 4.79 Å². The fraction of sp³-hybridized carbons (Fsp3) is 0.364. The summed E-state index contributed by atoms with van der Waals surface area (Å²) in [4.78, 5) is 17.7. The number of rotatable bonds is 7. The molecule has 4 nitrogen and oxygen atoms in total. The third-order valence-corrected chi connectivity index (χ3v) is 4.68. The van der Waals surface area contributed by atoms with Gasteiger partial charge in [-0.05, 0) is 37.9 Å². The normalized spacial score (nSPS) is 21.7. The van der Waals surface area contributed by atoms with Gasteiger partial charge in [-0.25, -0.2) is 0 Å². The second-order valence-electron chi connectivity index (χ2n) is 6.56. The van der Waals surface area contributed by atoms with Gasteiger partial charge < -0.3 is 10.6 Å². The van der Waals surface area contributed by atoms with Crippen molar-refractivity contribution in [3.63, 3.8) is 0 Å². The Kier molecular flexibility index (Phi) is 7.54. The van der Waals surface area contributed by atoms with E-state index in [1.807, 2.05) is 31.2 Å². The Hall–Kier alpha value is -2.46. The molecular weight excluding hydrogens is 322 g/mol. The molecule has 1 aromatic carbocycles. The van der Waals surface area contributed by atoms with E-state index in [-0.39, 0.29) is 23.9 Å². The second-order valence-corrected chi connectivity index (χ2v) is 6.56. The van der Waals surface area contributed by atoms with E-state index >= 15 is 0 Å². The van der Waals surface area contributed by atoms with Crippen molar-refractivity contribution in [1.82, 2.24) is 10.6 Å². The summed E-state index contributed by atoms with van der Waals surface area (Å²) in [5.41, 5.74) is 3.02. The zero-order valence-electron chi connectivity index (χ0n) is 15.7. The number of carbonyl (C=O) groups excluding carboxylic acids is 1. The van der Waals surface area contributed by atoms with E-state index < -0.39 is 0 Å². The zero-order chi connectivity index (χ0) is 18.9. The molecule has 0 radical (unpaired) electrons. The summed E-state index contributed by atoms with van der Waals surface area (Å²) in [5.74, 6) is -0.172. The number of aliphatic imine (C=N–C) groups is 1. The predicted octanol–water partition coefficient (Wildman–Crippen LogP) is 3.60. The molecule has 0 aliphatic carbocycles. The smallest absolute Gasteiger partial charge is 0.229 e. The number of piperidine rings is 1. The van der Waals surface area contributed by atoms with Crippen LogP contribution in [0.25, 0.3) is 0 Å². The number of nitrogens with one attached hydrogen (secondary N) is 2. The van der Waals surface area contributed by atoms with Gasteiger partial charge in [-0.2, -0.15) is 0 Å².